The van der Waals surface area contributed by atoms with Crippen LogP contribution in [0.15, 0.2) is 48.5 Å². The number of Topliss-reactive ketones (excluding diaryl/α,β-unsaturated/α-hetero) is 1. The van der Waals surface area contributed by atoms with Crippen LogP contribution in [0.5, 0.6) is 0 Å². The molecule has 0 bridgehead atoms. The molecule has 2 aromatic rings. The molecule has 0 unspecified atom stereocenters. The van der Waals surface area contributed by atoms with Gasteiger partial charge in [0, 0.05) is 22.6 Å². The molecule has 0 aliphatic heterocycles. The van der Waals surface area contributed by atoms with Crippen molar-refractivity contribution >= 4 is 22.8 Å². The number of carbonyl (C=O) groups excluding carboxylic acids is 1. The molecule has 3 N–H and O–H groups in total. The molecular weight excluding hydrogens is 212 g/mol. The van der Waals surface area contributed by atoms with Gasteiger partial charge in [-0.05, 0) is 37.3 Å². The maximum Gasteiger partial charge on any atom is 0.161 e. The van der Waals surface area contributed by atoms with Crippen LogP contribution in [-0.4, -0.2) is 5.78 Å². The Morgan fingerprint density at radius 1 is 1.06 bits per heavy atom. The van der Waals surface area contributed by atoms with Gasteiger partial charge >= 0.3 is 0 Å². The molecule has 0 aliphatic rings. The van der Waals surface area contributed by atoms with Gasteiger partial charge in [0.05, 0.1) is 0 Å². The number of anilines is 3. The molecule has 2 aromatic carbocycles. The van der Waals surface area contributed by atoms with Crippen LogP contribution in [-0.2, 0) is 0 Å². The van der Waals surface area contributed by atoms with Crippen LogP contribution >= 0.6 is 0 Å². The maximum atomic E-state index is 11.4. The summed E-state index contributed by atoms with van der Waals surface area (Å²) in [4.78, 5) is 11.4. The van der Waals surface area contributed by atoms with Crippen molar-refractivity contribution < 1.29 is 4.79 Å². The number of benzene rings is 2. The van der Waals surface area contributed by atoms with Gasteiger partial charge in [0.1, 0.15) is 0 Å². The molecule has 0 saturated heterocycles. The number of hydrogen-bond donors (Lipinski definition) is 2. The minimum atomic E-state index is -0.0285. The van der Waals surface area contributed by atoms with Crippen LogP contribution in [0.3, 0.4) is 0 Å². The molecule has 3 heteroatoms. The third-order valence-electron chi connectivity index (χ3n) is 2.50. The van der Waals surface area contributed by atoms with Gasteiger partial charge in [-0.15, -0.1) is 0 Å². The van der Waals surface area contributed by atoms with E-state index in [1.807, 2.05) is 36.4 Å². The number of nitrogen functional groups attached to an aromatic ring is 1. The third-order valence-corrected chi connectivity index (χ3v) is 2.50. The Bertz CT molecular complexity index is 535. The Morgan fingerprint density at radius 3 is 2.41 bits per heavy atom. The van der Waals surface area contributed by atoms with E-state index in [1.54, 1.807) is 12.1 Å². The number of carbonyl (C=O) groups is 1. The van der Waals surface area contributed by atoms with Gasteiger partial charge in [0.15, 0.2) is 5.78 Å². The fraction of sp³-hybridized carbons (Fsp3) is 0.0714. The zero-order chi connectivity index (χ0) is 12.3. The van der Waals surface area contributed by atoms with E-state index in [9.17, 15) is 4.79 Å². The first kappa shape index (κ1) is 11.2. The van der Waals surface area contributed by atoms with Gasteiger partial charge in [0.25, 0.3) is 0 Å². The van der Waals surface area contributed by atoms with Crippen molar-refractivity contribution in [3.63, 3.8) is 0 Å². The van der Waals surface area contributed by atoms with Gasteiger partial charge in [-0.2, -0.15) is 0 Å². The fourth-order valence-electron chi connectivity index (χ4n) is 1.63. The second-order valence-electron chi connectivity index (χ2n) is 3.85. The van der Waals surface area contributed by atoms with Crippen molar-refractivity contribution in [2.24, 2.45) is 0 Å². The second kappa shape index (κ2) is 4.70. The topological polar surface area (TPSA) is 55.1 Å². The average molecular weight is 226 g/mol. The molecule has 3 nitrogen and oxygen atoms in total. The van der Waals surface area contributed by atoms with Crippen molar-refractivity contribution in [2.75, 3.05) is 11.1 Å². The van der Waals surface area contributed by atoms with Crippen LogP contribution in [0, 0.1) is 0 Å². The van der Waals surface area contributed by atoms with Crippen molar-refractivity contribution in [3.8, 4) is 0 Å². The van der Waals surface area contributed by atoms with Crippen molar-refractivity contribution in [2.45, 2.75) is 6.92 Å². The van der Waals surface area contributed by atoms with E-state index >= 15 is 0 Å². The predicted octanol–water partition coefficient (Wildman–Crippen LogP) is 3.22. The van der Waals surface area contributed by atoms with Crippen LogP contribution in [0.2, 0.25) is 0 Å². The number of ketones is 1. The Hall–Kier alpha value is -2.29. The number of nitrogens with one attached hydrogen (secondary N) is 1. The summed E-state index contributed by atoms with van der Waals surface area (Å²) in [5, 5.41) is 3.22. The molecule has 0 fully saturated rings. The second-order valence-corrected chi connectivity index (χ2v) is 3.85. The SMILES string of the molecule is CC(=O)c1cc(Nc2ccccc2)ccc1N. The Morgan fingerprint density at radius 2 is 1.76 bits per heavy atom. The van der Waals surface area contributed by atoms with Crippen molar-refractivity contribution in [3.05, 3.63) is 54.1 Å². The molecule has 0 radical (unpaired) electrons. The summed E-state index contributed by atoms with van der Waals surface area (Å²) in [6.45, 7) is 1.51. The molecule has 0 saturated carbocycles. The summed E-state index contributed by atoms with van der Waals surface area (Å²) in [5.41, 5.74) is 8.63. The van der Waals surface area contributed by atoms with E-state index in [0.29, 0.717) is 11.3 Å². The molecule has 17 heavy (non-hydrogen) atoms. The molecular formula is C14H14N2O. The lowest BCUT2D eigenvalue weighted by atomic mass is 10.1. The number of para-hydroxylation sites is 1. The van der Waals surface area contributed by atoms with E-state index in [0.717, 1.165) is 11.4 Å². The van der Waals surface area contributed by atoms with Gasteiger partial charge in [0.2, 0.25) is 0 Å². The highest BCUT2D eigenvalue weighted by Gasteiger charge is 2.05. The summed E-state index contributed by atoms with van der Waals surface area (Å²) < 4.78 is 0. The van der Waals surface area contributed by atoms with Gasteiger partial charge < -0.3 is 11.1 Å². The number of nitrogens with two attached hydrogens (primary N) is 1. The van der Waals surface area contributed by atoms with Crippen LogP contribution < -0.4 is 11.1 Å². The zero-order valence-electron chi connectivity index (χ0n) is 9.60. The third kappa shape index (κ3) is 2.64. The van der Waals surface area contributed by atoms with E-state index in [1.165, 1.54) is 6.92 Å². The van der Waals surface area contributed by atoms with E-state index in [2.05, 4.69) is 5.32 Å². The van der Waals surface area contributed by atoms with Crippen molar-refractivity contribution in [1.82, 2.24) is 0 Å². The van der Waals surface area contributed by atoms with Gasteiger partial charge in [-0.1, -0.05) is 18.2 Å². The summed E-state index contributed by atoms with van der Waals surface area (Å²) in [6, 6.07) is 15.1. The molecule has 86 valence electrons. The standard InChI is InChI=1S/C14H14N2O/c1-10(17)13-9-12(7-8-14(13)15)16-11-5-3-2-4-6-11/h2-9,16H,15H2,1H3. The first-order valence-corrected chi connectivity index (χ1v) is 5.39. The quantitative estimate of drug-likeness (QED) is 0.624. The minimum absolute atomic E-state index is 0.0285. The van der Waals surface area contributed by atoms with Crippen LogP contribution in [0.1, 0.15) is 17.3 Å². The maximum absolute atomic E-state index is 11.4. The van der Waals surface area contributed by atoms with E-state index in [4.69, 9.17) is 5.73 Å². The lowest BCUT2D eigenvalue weighted by Crippen LogP contribution is -2.01. The Balaban J connectivity index is 2.29. The lowest BCUT2D eigenvalue weighted by molar-refractivity contribution is 0.101. The van der Waals surface area contributed by atoms with Gasteiger partial charge in [-0.25, -0.2) is 0 Å². The van der Waals surface area contributed by atoms with Crippen LogP contribution in [0.25, 0.3) is 0 Å². The van der Waals surface area contributed by atoms with E-state index in [-0.39, 0.29) is 5.78 Å². The van der Waals surface area contributed by atoms with Crippen molar-refractivity contribution in [1.29, 1.82) is 0 Å². The predicted molar refractivity (Wildman–Crippen MR) is 70.6 cm³/mol. The average Bonchev–Trinajstić information content (AvgIpc) is 2.32. The first-order valence-electron chi connectivity index (χ1n) is 5.39. The molecule has 0 heterocycles. The Labute approximate surface area is 100 Å². The molecule has 2 rings (SSSR count). The molecule has 0 spiro atoms. The summed E-state index contributed by atoms with van der Waals surface area (Å²) in [5.74, 6) is -0.0285. The number of hydrogen-bond acceptors (Lipinski definition) is 3. The number of rotatable bonds is 3. The molecule has 0 amide bonds. The normalized spacial score (nSPS) is 9.94. The lowest BCUT2D eigenvalue weighted by Gasteiger charge is -2.09. The summed E-state index contributed by atoms with van der Waals surface area (Å²) in [6.07, 6.45) is 0. The summed E-state index contributed by atoms with van der Waals surface area (Å²) >= 11 is 0. The molecule has 0 aromatic heterocycles. The van der Waals surface area contributed by atoms with Crippen LogP contribution in [0.4, 0.5) is 17.1 Å². The highest BCUT2D eigenvalue weighted by molar-refractivity contribution is 6.00. The largest absolute Gasteiger partial charge is 0.398 e. The molecule has 0 atom stereocenters. The minimum Gasteiger partial charge on any atom is -0.398 e. The highest BCUT2D eigenvalue weighted by Crippen LogP contribution is 2.21. The smallest absolute Gasteiger partial charge is 0.161 e. The first-order chi connectivity index (χ1) is 8.16. The monoisotopic (exact) mass is 226 g/mol. The fourth-order valence-corrected chi connectivity index (χ4v) is 1.63. The van der Waals surface area contributed by atoms with E-state index < -0.39 is 0 Å². The zero-order valence-corrected chi connectivity index (χ0v) is 9.60. The molecule has 0 aliphatic carbocycles. The van der Waals surface area contributed by atoms with Gasteiger partial charge in [-0.3, -0.25) is 4.79 Å². The Kier molecular flexibility index (Phi) is 3.10. The summed E-state index contributed by atoms with van der Waals surface area (Å²) in [7, 11) is 0. The highest BCUT2D eigenvalue weighted by atomic mass is 16.1.